The second-order valence-corrected chi connectivity index (χ2v) is 9.94. The molecular weight excluding hydrogens is 515 g/mol. The Morgan fingerprint density at radius 2 is 1.55 bits per heavy atom. The summed E-state index contributed by atoms with van der Waals surface area (Å²) in [7, 11) is 6.38. The molecule has 214 valence electrons. The zero-order valence-corrected chi connectivity index (χ0v) is 23.9. The molecule has 4 aromatic rings. The summed E-state index contributed by atoms with van der Waals surface area (Å²) in [5, 5.41) is 11.7. The maximum Gasteiger partial charge on any atom is 0.386 e. The fourth-order valence-electron chi connectivity index (χ4n) is 3.93. The molecule has 1 amide bonds. The van der Waals surface area contributed by atoms with Crippen LogP contribution in [0.3, 0.4) is 0 Å². The molecule has 4 N–H and O–H groups in total. The number of alkyl halides is 3. The molecule has 0 saturated heterocycles. The third-order valence-corrected chi connectivity index (χ3v) is 5.79. The first-order valence-electron chi connectivity index (χ1n) is 13.0. The van der Waals surface area contributed by atoms with Gasteiger partial charge in [-0.25, -0.2) is 0 Å². The monoisotopic (exact) mass is 554 g/mol. The quantitative estimate of drug-likeness (QED) is 0.135. The zero-order chi connectivity index (χ0) is 30.1. The molecule has 0 spiro atoms. The van der Waals surface area contributed by atoms with Crippen LogP contribution in [-0.2, 0) is 13.1 Å². The number of nitrogens with two attached hydrogens (primary N) is 1. The molecule has 1 heterocycles. The van der Waals surface area contributed by atoms with Crippen molar-refractivity contribution in [3.8, 4) is 0 Å². The number of nitrogens with one attached hydrogen (secondary N) is 2. The molecule has 0 radical (unpaired) electrons. The number of hydrogen-bond donors (Lipinski definition) is 3. The maximum absolute atomic E-state index is 13.1. The number of nitrogen functional groups attached to an aromatic ring is 1. The van der Waals surface area contributed by atoms with Crippen LogP contribution in [0, 0.1) is 5.41 Å². The predicted molar refractivity (Wildman–Crippen MR) is 159 cm³/mol. The van der Waals surface area contributed by atoms with E-state index in [0.29, 0.717) is 24.2 Å². The molecular formula is C31H39F3N5O+. The number of fused-ring (bicyclic) bond motifs is 1. The smallest absolute Gasteiger partial charge is 0.384 e. The minimum atomic E-state index is -4.00. The van der Waals surface area contributed by atoms with Crippen molar-refractivity contribution >= 4 is 28.3 Å². The first kappa shape index (κ1) is 32.1. The standard InChI is InChI=1S/C27H29N5O.C2H3F3.C2H6/c1-32(2,3)22-13-11-19(12-14-22)16-30-27(33)24-18-31(25-10-5-4-9-23(24)25)17-20-7-6-8-21(15-20)26(28)29;1-2(3,4)5;1-2/h4-15,18H,16-17H2,1-3H3,(H3-,28,29,30,33);1H3;1-2H3/p+1. The molecule has 0 aliphatic carbocycles. The number of nitrogens with zero attached hydrogens (tertiary/aromatic N) is 2. The molecule has 0 bridgehead atoms. The van der Waals surface area contributed by atoms with Gasteiger partial charge in [-0.05, 0) is 35.4 Å². The first-order valence-corrected chi connectivity index (χ1v) is 13.0. The van der Waals surface area contributed by atoms with Gasteiger partial charge in [-0.3, -0.25) is 14.7 Å². The van der Waals surface area contributed by atoms with Crippen LogP contribution in [0.4, 0.5) is 18.9 Å². The molecule has 40 heavy (non-hydrogen) atoms. The molecule has 0 aliphatic heterocycles. The summed E-state index contributed by atoms with van der Waals surface area (Å²) in [6, 6.07) is 23.9. The maximum atomic E-state index is 13.1. The molecule has 0 aliphatic rings. The van der Waals surface area contributed by atoms with E-state index in [1.54, 1.807) is 0 Å². The summed E-state index contributed by atoms with van der Waals surface area (Å²) >= 11 is 0. The number of amides is 1. The van der Waals surface area contributed by atoms with Crippen LogP contribution in [0.15, 0.2) is 79.0 Å². The van der Waals surface area contributed by atoms with Crippen molar-refractivity contribution in [1.82, 2.24) is 14.4 Å². The Morgan fingerprint density at radius 3 is 2.12 bits per heavy atom. The van der Waals surface area contributed by atoms with Gasteiger partial charge in [0.2, 0.25) is 0 Å². The van der Waals surface area contributed by atoms with Gasteiger partial charge in [0.05, 0.1) is 26.7 Å². The second-order valence-electron chi connectivity index (χ2n) is 9.94. The number of para-hydroxylation sites is 1. The van der Waals surface area contributed by atoms with E-state index in [1.807, 2.05) is 68.6 Å². The SMILES string of the molecule is CC.CC(F)(F)F.C[N+](C)(C)c1ccc(CNC(=O)c2cn(Cc3cccc(C(=N)N)c3)c3ccccc23)cc1. The van der Waals surface area contributed by atoms with Gasteiger partial charge in [-0.1, -0.05) is 62.4 Å². The molecule has 1 aromatic heterocycles. The molecule has 0 unspecified atom stereocenters. The van der Waals surface area contributed by atoms with Crippen LogP contribution >= 0.6 is 0 Å². The van der Waals surface area contributed by atoms with Crippen LogP contribution in [0.5, 0.6) is 0 Å². The largest absolute Gasteiger partial charge is 0.386 e. The Kier molecular flexibility index (Phi) is 11.1. The van der Waals surface area contributed by atoms with Gasteiger partial charge in [-0.15, -0.1) is 0 Å². The van der Waals surface area contributed by atoms with Crippen molar-refractivity contribution in [1.29, 1.82) is 5.41 Å². The van der Waals surface area contributed by atoms with Gasteiger partial charge >= 0.3 is 6.18 Å². The van der Waals surface area contributed by atoms with Gasteiger partial charge in [0, 0.05) is 42.7 Å². The molecule has 0 atom stereocenters. The number of carbonyl (C=O) groups excluding carboxylic acids is 1. The lowest BCUT2D eigenvalue weighted by Crippen LogP contribution is -2.34. The highest BCUT2D eigenvalue weighted by atomic mass is 19.4. The fourth-order valence-corrected chi connectivity index (χ4v) is 3.93. The molecule has 9 heteroatoms. The third kappa shape index (κ3) is 9.57. The first-order chi connectivity index (χ1) is 18.7. The summed E-state index contributed by atoms with van der Waals surface area (Å²) in [4.78, 5) is 13.1. The number of hydrogen-bond acceptors (Lipinski definition) is 2. The lowest BCUT2D eigenvalue weighted by atomic mass is 10.1. The van der Waals surface area contributed by atoms with E-state index in [9.17, 15) is 18.0 Å². The Bertz CT molecular complexity index is 1410. The van der Waals surface area contributed by atoms with E-state index in [-0.39, 0.29) is 18.7 Å². The lowest BCUT2D eigenvalue weighted by Gasteiger charge is -2.23. The minimum absolute atomic E-state index is 0.0451. The van der Waals surface area contributed by atoms with Crippen LogP contribution < -0.4 is 15.5 Å². The van der Waals surface area contributed by atoms with Crippen molar-refractivity contribution in [2.75, 3.05) is 21.1 Å². The van der Waals surface area contributed by atoms with Crippen LogP contribution in [0.25, 0.3) is 10.9 Å². The minimum Gasteiger partial charge on any atom is -0.384 e. The van der Waals surface area contributed by atoms with E-state index in [2.05, 4.69) is 55.3 Å². The predicted octanol–water partition coefficient (Wildman–Crippen LogP) is 6.70. The van der Waals surface area contributed by atoms with Crippen molar-refractivity contribution in [2.24, 2.45) is 5.73 Å². The van der Waals surface area contributed by atoms with Crippen molar-refractivity contribution in [3.05, 3.63) is 101 Å². The van der Waals surface area contributed by atoms with E-state index in [1.165, 1.54) is 5.69 Å². The van der Waals surface area contributed by atoms with Gasteiger partial charge in [-0.2, -0.15) is 13.2 Å². The highest BCUT2D eigenvalue weighted by Gasteiger charge is 2.17. The molecule has 3 aromatic carbocycles. The molecule has 0 saturated carbocycles. The summed E-state index contributed by atoms with van der Waals surface area (Å²) in [6.07, 6.45) is -2.10. The fraction of sp³-hybridized carbons (Fsp3) is 0.290. The van der Waals surface area contributed by atoms with Crippen molar-refractivity contribution in [2.45, 2.75) is 40.0 Å². The summed E-state index contributed by atoms with van der Waals surface area (Å²) in [5.74, 6) is -0.0538. The summed E-state index contributed by atoms with van der Waals surface area (Å²) in [6.45, 7) is 5.24. The van der Waals surface area contributed by atoms with Gasteiger partial charge in [0.25, 0.3) is 5.91 Å². The topological polar surface area (TPSA) is 83.9 Å². The van der Waals surface area contributed by atoms with Crippen molar-refractivity contribution in [3.63, 3.8) is 0 Å². The normalized spacial score (nSPS) is 11.1. The Morgan fingerprint density at radius 1 is 0.950 bits per heavy atom. The third-order valence-electron chi connectivity index (χ3n) is 5.79. The van der Waals surface area contributed by atoms with Gasteiger partial charge in [0.15, 0.2) is 0 Å². The number of aromatic nitrogens is 1. The van der Waals surface area contributed by atoms with E-state index >= 15 is 0 Å². The average molecular weight is 555 g/mol. The van der Waals surface area contributed by atoms with Crippen LogP contribution in [0.2, 0.25) is 0 Å². The number of carbonyl (C=O) groups is 1. The molecule has 4 rings (SSSR count). The van der Waals surface area contributed by atoms with E-state index < -0.39 is 6.18 Å². The summed E-state index contributed by atoms with van der Waals surface area (Å²) < 4.78 is 33.9. The van der Waals surface area contributed by atoms with Crippen LogP contribution in [-0.4, -0.2) is 43.6 Å². The van der Waals surface area contributed by atoms with E-state index in [0.717, 1.165) is 26.5 Å². The molecule has 6 nitrogen and oxygen atoms in total. The number of benzene rings is 3. The number of rotatable bonds is 7. The van der Waals surface area contributed by atoms with Crippen LogP contribution in [0.1, 0.15) is 47.8 Å². The average Bonchev–Trinajstić information content (AvgIpc) is 3.26. The molecule has 0 fully saturated rings. The van der Waals surface area contributed by atoms with Crippen molar-refractivity contribution < 1.29 is 18.0 Å². The number of amidine groups is 1. The Labute approximate surface area is 234 Å². The van der Waals surface area contributed by atoms with Gasteiger partial charge < -0.3 is 15.6 Å². The number of quaternary nitrogens is 1. The highest BCUT2D eigenvalue weighted by molar-refractivity contribution is 6.07. The Hall–Kier alpha value is -4.11. The second kappa shape index (κ2) is 13.8. The highest BCUT2D eigenvalue weighted by Crippen LogP contribution is 2.23. The Balaban J connectivity index is 0.000000722. The number of halogens is 3. The summed E-state index contributed by atoms with van der Waals surface area (Å²) in [5.41, 5.74) is 11.3. The lowest BCUT2D eigenvalue weighted by molar-refractivity contribution is -0.110. The zero-order valence-electron chi connectivity index (χ0n) is 23.9. The van der Waals surface area contributed by atoms with E-state index in [4.69, 9.17) is 11.1 Å². The van der Waals surface area contributed by atoms with Gasteiger partial charge in [0.1, 0.15) is 11.5 Å².